The lowest BCUT2D eigenvalue weighted by Gasteiger charge is -2.29. The van der Waals surface area contributed by atoms with Gasteiger partial charge in [-0.1, -0.05) is 0 Å². The van der Waals surface area contributed by atoms with Crippen LogP contribution in [0.3, 0.4) is 0 Å². The van der Waals surface area contributed by atoms with E-state index in [4.69, 9.17) is 0 Å². The number of fused-ring (bicyclic) bond motifs is 1. The maximum absolute atomic E-state index is 12.8. The molecular weight excluding hydrogens is 322 g/mol. The number of carbonyl (C=O) groups excluding carboxylic acids is 1. The van der Waals surface area contributed by atoms with E-state index in [-0.39, 0.29) is 5.92 Å². The number of aryl methyl sites for hydroxylation is 1. The highest BCUT2D eigenvalue weighted by atomic mass is 32.2. The Morgan fingerprint density at radius 3 is 2.92 bits per heavy atom. The van der Waals surface area contributed by atoms with E-state index in [9.17, 15) is 4.79 Å². The first kappa shape index (κ1) is 15.6. The van der Waals surface area contributed by atoms with Crippen molar-refractivity contribution in [2.75, 3.05) is 42.6 Å². The zero-order valence-corrected chi connectivity index (χ0v) is 14.6. The third kappa shape index (κ3) is 2.92. The van der Waals surface area contributed by atoms with Gasteiger partial charge >= 0.3 is 0 Å². The lowest BCUT2D eigenvalue weighted by molar-refractivity contribution is -0.134. The average Bonchev–Trinajstić information content (AvgIpc) is 3.11. The summed E-state index contributed by atoms with van der Waals surface area (Å²) in [5, 5.41) is 1.01. The summed E-state index contributed by atoms with van der Waals surface area (Å²) in [5.41, 5.74) is 0.864. The van der Waals surface area contributed by atoms with Crippen LogP contribution in [0.5, 0.6) is 0 Å². The number of anilines is 1. The van der Waals surface area contributed by atoms with Gasteiger partial charge in [0, 0.05) is 49.3 Å². The fraction of sp³-hybridized carbons (Fsp3) is 0.529. The molecule has 0 bridgehead atoms. The second kappa shape index (κ2) is 6.55. The van der Waals surface area contributed by atoms with Crippen molar-refractivity contribution in [3.63, 3.8) is 0 Å². The van der Waals surface area contributed by atoms with Crippen LogP contribution in [0.4, 0.5) is 5.82 Å². The summed E-state index contributed by atoms with van der Waals surface area (Å²) >= 11 is 1.93. The molecular formula is C17H21N5OS. The Kier molecular flexibility index (Phi) is 4.26. The first-order valence-electron chi connectivity index (χ1n) is 8.42. The van der Waals surface area contributed by atoms with Crippen molar-refractivity contribution in [3.05, 3.63) is 24.3 Å². The molecule has 24 heavy (non-hydrogen) atoms. The van der Waals surface area contributed by atoms with E-state index < -0.39 is 0 Å². The van der Waals surface area contributed by atoms with Crippen molar-refractivity contribution >= 4 is 34.4 Å². The molecule has 2 aromatic heterocycles. The predicted octanol–water partition coefficient (Wildman–Crippen LogP) is 1.73. The maximum Gasteiger partial charge on any atom is 0.227 e. The Bertz CT molecular complexity index is 762. The van der Waals surface area contributed by atoms with Gasteiger partial charge in [0.1, 0.15) is 11.6 Å². The van der Waals surface area contributed by atoms with Gasteiger partial charge in [-0.2, -0.15) is 11.8 Å². The molecule has 7 heteroatoms. The molecule has 2 aromatic rings. The van der Waals surface area contributed by atoms with E-state index in [0.29, 0.717) is 5.91 Å². The van der Waals surface area contributed by atoms with Crippen LogP contribution in [-0.2, 0) is 4.79 Å². The number of hydrogen-bond donors (Lipinski definition) is 0. The predicted molar refractivity (Wildman–Crippen MR) is 96.3 cm³/mol. The van der Waals surface area contributed by atoms with Gasteiger partial charge in [0.25, 0.3) is 0 Å². The van der Waals surface area contributed by atoms with Gasteiger partial charge in [-0.05, 0) is 19.4 Å². The highest BCUT2D eigenvalue weighted by molar-refractivity contribution is 7.99. The van der Waals surface area contributed by atoms with Crippen molar-refractivity contribution in [2.24, 2.45) is 5.92 Å². The number of pyridine rings is 1. The Labute approximate surface area is 145 Å². The van der Waals surface area contributed by atoms with Crippen LogP contribution in [0.2, 0.25) is 0 Å². The Balaban J connectivity index is 1.55. The highest BCUT2D eigenvalue weighted by Crippen LogP contribution is 2.29. The van der Waals surface area contributed by atoms with Crippen LogP contribution >= 0.6 is 11.8 Å². The molecule has 0 aromatic carbocycles. The second-order valence-corrected chi connectivity index (χ2v) is 7.58. The van der Waals surface area contributed by atoms with Crippen molar-refractivity contribution in [1.82, 2.24) is 19.9 Å². The number of rotatable bonds is 2. The van der Waals surface area contributed by atoms with Gasteiger partial charge in [0.2, 0.25) is 5.91 Å². The number of aromatic nitrogens is 3. The standard InChI is InChI=1S/C17H21N5OS/c1-12-19-15-10-18-4-2-14(15)16(20-12)22-5-3-13(11-22)17(23)21-6-8-24-9-7-21/h2,4,10,13H,3,5-9,11H2,1H3. The summed E-state index contributed by atoms with van der Waals surface area (Å²) in [6, 6.07) is 1.96. The fourth-order valence-electron chi connectivity index (χ4n) is 3.51. The van der Waals surface area contributed by atoms with Crippen LogP contribution in [0.15, 0.2) is 18.5 Å². The number of nitrogens with zero attached hydrogens (tertiary/aromatic N) is 5. The van der Waals surface area contributed by atoms with Crippen LogP contribution in [-0.4, -0.2) is 63.4 Å². The van der Waals surface area contributed by atoms with Crippen molar-refractivity contribution < 1.29 is 4.79 Å². The molecule has 0 saturated carbocycles. The molecule has 6 nitrogen and oxygen atoms in total. The second-order valence-electron chi connectivity index (χ2n) is 6.36. The van der Waals surface area contributed by atoms with E-state index in [2.05, 4.69) is 19.9 Å². The number of amides is 1. The summed E-state index contributed by atoms with van der Waals surface area (Å²) in [6.07, 6.45) is 4.45. The normalized spacial score (nSPS) is 21.5. The van der Waals surface area contributed by atoms with Gasteiger partial charge in [0.05, 0.1) is 17.6 Å². The SMILES string of the molecule is Cc1nc(N2CCC(C(=O)N3CCSCC3)C2)c2ccncc2n1. The molecule has 0 spiro atoms. The lowest BCUT2D eigenvalue weighted by atomic mass is 10.1. The summed E-state index contributed by atoms with van der Waals surface area (Å²) in [6.45, 7) is 5.30. The Hall–Kier alpha value is -1.89. The third-order valence-electron chi connectivity index (χ3n) is 4.75. The molecule has 1 amide bonds. The van der Waals surface area contributed by atoms with Crippen molar-refractivity contribution in [3.8, 4) is 0 Å². The van der Waals surface area contributed by atoms with Crippen LogP contribution in [0.1, 0.15) is 12.2 Å². The molecule has 0 N–H and O–H groups in total. The van der Waals surface area contributed by atoms with Crippen LogP contribution in [0.25, 0.3) is 10.9 Å². The largest absolute Gasteiger partial charge is 0.355 e. The van der Waals surface area contributed by atoms with Crippen LogP contribution < -0.4 is 4.90 Å². The molecule has 0 aliphatic carbocycles. The number of thioether (sulfide) groups is 1. The molecule has 2 saturated heterocycles. The average molecular weight is 343 g/mol. The zero-order chi connectivity index (χ0) is 16.5. The lowest BCUT2D eigenvalue weighted by Crippen LogP contribution is -2.42. The van der Waals surface area contributed by atoms with Crippen molar-refractivity contribution in [1.29, 1.82) is 0 Å². The fourth-order valence-corrected chi connectivity index (χ4v) is 4.42. The van der Waals surface area contributed by atoms with Crippen molar-refractivity contribution in [2.45, 2.75) is 13.3 Å². The third-order valence-corrected chi connectivity index (χ3v) is 5.69. The molecule has 1 atom stereocenters. The first-order valence-corrected chi connectivity index (χ1v) is 9.57. The molecule has 1 unspecified atom stereocenters. The molecule has 4 rings (SSSR count). The minimum Gasteiger partial charge on any atom is -0.355 e. The van der Waals surface area contributed by atoms with E-state index in [0.717, 1.165) is 66.7 Å². The van der Waals surface area contributed by atoms with E-state index >= 15 is 0 Å². The minimum absolute atomic E-state index is 0.0836. The van der Waals surface area contributed by atoms with Gasteiger partial charge in [0.15, 0.2) is 0 Å². The first-order chi connectivity index (χ1) is 11.7. The Morgan fingerprint density at radius 1 is 1.25 bits per heavy atom. The minimum atomic E-state index is 0.0836. The summed E-state index contributed by atoms with van der Waals surface area (Å²) in [7, 11) is 0. The quantitative estimate of drug-likeness (QED) is 0.828. The van der Waals surface area contributed by atoms with Gasteiger partial charge in [-0.3, -0.25) is 9.78 Å². The number of hydrogen-bond acceptors (Lipinski definition) is 6. The molecule has 2 aliphatic rings. The molecule has 2 aliphatic heterocycles. The summed E-state index contributed by atoms with van der Waals surface area (Å²) in [5.74, 6) is 4.20. The smallest absolute Gasteiger partial charge is 0.227 e. The van der Waals surface area contributed by atoms with E-state index in [1.165, 1.54) is 0 Å². The number of carbonyl (C=O) groups is 1. The summed E-state index contributed by atoms with van der Waals surface area (Å²) in [4.78, 5) is 30.3. The van der Waals surface area contributed by atoms with Gasteiger partial charge < -0.3 is 9.80 Å². The highest BCUT2D eigenvalue weighted by Gasteiger charge is 2.33. The molecule has 2 fully saturated rings. The van der Waals surface area contributed by atoms with Gasteiger partial charge in [-0.15, -0.1) is 0 Å². The molecule has 0 radical (unpaired) electrons. The van der Waals surface area contributed by atoms with E-state index in [1.807, 2.05) is 29.7 Å². The maximum atomic E-state index is 12.8. The zero-order valence-electron chi connectivity index (χ0n) is 13.8. The van der Waals surface area contributed by atoms with E-state index in [1.54, 1.807) is 12.4 Å². The Morgan fingerprint density at radius 2 is 2.08 bits per heavy atom. The molecule has 4 heterocycles. The van der Waals surface area contributed by atoms with Gasteiger partial charge in [-0.25, -0.2) is 9.97 Å². The summed E-state index contributed by atoms with van der Waals surface area (Å²) < 4.78 is 0. The van der Waals surface area contributed by atoms with Crippen LogP contribution in [0, 0.1) is 12.8 Å². The topological polar surface area (TPSA) is 62.2 Å². The monoisotopic (exact) mass is 343 g/mol. The molecule has 126 valence electrons.